The van der Waals surface area contributed by atoms with E-state index in [-0.39, 0.29) is 24.1 Å². The van der Waals surface area contributed by atoms with Gasteiger partial charge in [-0.15, -0.1) is 10.2 Å². The second-order valence-electron chi connectivity index (χ2n) is 6.67. The number of carbonyl (C=O) groups excluding carboxylic acids is 1. The maximum Gasteiger partial charge on any atom is 0.342 e. The average Bonchev–Trinajstić information content (AvgIpc) is 3.37. The highest BCUT2D eigenvalue weighted by Gasteiger charge is 2.22. The molecule has 0 amide bonds. The topological polar surface area (TPSA) is 126 Å². The molecule has 0 saturated carbocycles. The lowest BCUT2D eigenvalue weighted by Crippen LogP contribution is -2.08. The lowest BCUT2D eigenvalue weighted by Gasteiger charge is -2.05. The summed E-state index contributed by atoms with van der Waals surface area (Å²) in [5, 5.41) is 22.9. The first-order valence-electron chi connectivity index (χ1n) is 9.30. The van der Waals surface area contributed by atoms with E-state index in [1.807, 2.05) is 30.3 Å². The summed E-state index contributed by atoms with van der Waals surface area (Å²) in [7, 11) is 0. The summed E-state index contributed by atoms with van der Waals surface area (Å²) in [6.07, 6.45) is 0. The van der Waals surface area contributed by atoms with Crippen molar-refractivity contribution in [2.75, 3.05) is 0 Å². The number of rotatable bonds is 6. The molecule has 2 aromatic carbocycles. The molecule has 0 spiro atoms. The molecule has 0 unspecified atom stereocenters. The van der Waals surface area contributed by atoms with Gasteiger partial charge < -0.3 is 9.15 Å². The molecular weight excluding hydrogens is 402 g/mol. The Morgan fingerprint density at radius 2 is 1.81 bits per heavy atom. The van der Waals surface area contributed by atoms with Crippen LogP contribution in [0.5, 0.6) is 0 Å². The molecule has 10 heteroatoms. The van der Waals surface area contributed by atoms with E-state index in [0.717, 1.165) is 5.69 Å². The fourth-order valence-electron chi connectivity index (χ4n) is 3.11. The van der Waals surface area contributed by atoms with Crippen LogP contribution in [0.3, 0.4) is 0 Å². The summed E-state index contributed by atoms with van der Waals surface area (Å²) in [6.45, 7) is 3.32. The fraction of sp³-hybridized carbons (Fsp3) is 0.143. The quantitative estimate of drug-likeness (QED) is 0.262. The molecule has 0 bridgehead atoms. The lowest BCUT2D eigenvalue weighted by molar-refractivity contribution is -0.384. The van der Waals surface area contributed by atoms with E-state index < -0.39 is 10.9 Å². The van der Waals surface area contributed by atoms with Gasteiger partial charge in [-0.3, -0.25) is 10.1 Å². The van der Waals surface area contributed by atoms with Crippen molar-refractivity contribution in [1.29, 1.82) is 0 Å². The second kappa shape index (κ2) is 8.19. The molecule has 0 aliphatic heterocycles. The molecule has 0 fully saturated rings. The van der Waals surface area contributed by atoms with Crippen LogP contribution in [-0.2, 0) is 11.3 Å². The lowest BCUT2D eigenvalue weighted by atomic mass is 10.2. The van der Waals surface area contributed by atoms with Crippen molar-refractivity contribution in [1.82, 2.24) is 20.0 Å². The highest BCUT2D eigenvalue weighted by atomic mass is 16.6. The van der Waals surface area contributed by atoms with Crippen LogP contribution in [0.15, 0.2) is 59.0 Å². The Hall–Kier alpha value is -4.34. The van der Waals surface area contributed by atoms with Crippen molar-refractivity contribution >= 4 is 11.7 Å². The standard InChI is InChI=1S/C21H17N5O5/c1-13-19(14(2)25(24-13)16-6-4-3-5-7-16)21(27)30-12-18-22-23-20(31-18)15-8-10-17(11-9-15)26(28)29/h3-11H,12H2,1-2H3. The zero-order valence-electron chi connectivity index (χ0n) is 16.7. The summed E-state index contributed by atoms with van der Waals surface area (Å²) in [5.74, 6) is -0.273. The van der Waals surface area contributed by atoms with E-state index in [2.05, 4.69) is 15.3 Å². The van der Waals surface area contributed by atoms with Crippen LogP contribution < -0.4 is 0 Å². The zero-order valence-corrected chi connectivity index (χ0v) is 16.7. The number of benzene rings is 2. The van der Waals surface area contributed by atoms with Crippen LogP contribution in [0.4, 0.5) is 5.69 Å². The molecule has 2 aromatic heterocycles. The van der Waals surface area contributed by atoms with Crippen LogP contribution in [0.25, 0.3) is 17.1 Å². The third kappa shape index (κ3) is 4.04. The van der Waals surface area contributed by atoms with Gasteiger partial charge in [0, 0.05) is 17.7 Å². The monoisotopic (exact) mass is 419 g/mol. The normalized spacial score (nSPS) is 10.8. The number of nitrogens with zero attached hydrogens (tertiary/aromatic N) is 5. The number of aromatic nitrogens is 4. The van der Waals surface area contributed by atoms with Gasteiger partial charge in [0.2, 0.25) is 5.89 Å². The molecule has 4 rings (SSSR count). The molecule has 156 valence electrons. The third-order valence-electron chi connectivity index (χ3n) is 4.61. The minimum absolute atomic E-state index is 0.0424. The Kier molecular flexibility index (Phi) is 5.27. The Morgan fingerprint density at radius 3 is 2.48 bits per heavy atom. The molecule has 0 saturated heterocycles. The number of hydrogen-bond donors (Lipinski definition) is 0. The van der Waals surface area contributed by atoms with E-state index in [4.69, 9.17) is 9.15 Å². The molecule has 31 heavy (non-hydrogen) atoms. The number of nitro groups is 1. The molecule has 0 aliphatic rings. The van der Waals surface area contributed by atoms with Gasteiger partial charge in [-0.1, -0.05) is 18.2 Å². The Labute approximate surface area is 176 Å². The first kappa shape index (κ1) is 20.0. The van der Waals surface area contributed by atoms with E-state index >= 15 is 0 Å². The molecule has 0 N–H and O–H groups in total. The summed E-state index contributed by atoms with van der Waals surface area (Å²) in [6, 6.07) is 15.2. The Morgan fingerprint density at radius 1 is 1.10 bits per heavy atom. The van der Waals surface area contributed by atoms with Gasteiger partial charge >= 0.3 is 5.97 Å². The highest BCUT2D eigenvalue weighted by molar-refractivity contribution is 5.92. The van der Waals surface area contributed by atoms with Crippen LogP contribution in [0, 0.1) is 24.0 Å². The molecule has 10 nitrogen and oxygen atoms in total. The van der Waals surface area contributed by atoms with Gasteiger partial charge in [-0.05, 0) is 38.1 Å². The first-order chi connectivity index (χ1) is 14.9. The number of ether oxygens (including phenoxy) is 1. The minimum atomic E-state index is -0.549. The van der Waals surface area contributed by atoms with E-state index in [0.29, 0.717) is 22.5 Å². The molecule has 2 heterocycles. The number of non-ortho nitro benzene ring substituents is 1. The number of para-hydroxylation sites is 1. The summed E-state index contributed by atoms with van der Waals surface area (Å²) >= 11 is 0. The van der Waals surface area contributed by atoms with Crippen molar-refractivity contribution in [2.45, 2.75) is 20.5 Å². The van der Waals surface area contributed by atoms with Crippen molar-refractivity contribution in [3.63, 3.8) is 0 Å². The van der Waals surface area contributed by atoms with Gasteiger partial charge in [0.15, 0.2) is 6.61 Å². The molecule has 0 atom stereocenters. The molecular formula is C21H17N5O5. The number of hydrogen-bond acceptors (Lipinski definition) is 8. The summed E-state index contributed by atoms with van der Waals surface area (Å²) in [4.78, 5) is 22.9. The van der Waals surface area contributed by atoms with Gasteiger partial charge in [-0.25, -0.2) is 9.48 Å². The predicted molar refractivity (Wildman–Crippen MR) is 109 cm³/mol. The predicted octanol–water partition coefficient (Wildman–Crippen LogP) is 3.80. The summed E-state index contributed by atoms with van der Waals surface area (Å²) in [5.41, 5.74) is 2.89. The van der Waals surface area contributed by atoms with Crippen LogP contribution >= 0.6 is 0 Å². The Balaban J connectivity index is 1.46. The van der Waals surface area contributed by atoms with E-state index in [9.17, 15) is 14.9 Å². The zero-order chi connectivity index (χ0) is 22.0. The van der Waals surface area contributed by atoms with Crippen LogP contribution in [0.1, 0.15) is 27.6 Å². The van der Waals surface area contributed by atoms with Crippen molar-refractivity contribution in [2.24, 2.45) is 0 Å². The number of nitro benzene ring substituents is 1. The Bertz CT molecular complexity index is 1250. The van der Waals surface area contributed by atoms with Crippen molar-refractivity contribution in [3.05, 3.63) is 87.6 Å². The fourth-order valence-corrected chi connectivity index (χ4v) is 3.11. The van der Waals surface area contributed by atoms with Crippen molar-refractivity contribution in [3.8, 4) is 17.1 Å². The SMILES string of the molecule is Cc1nn(-c2ccccc2)c(C)c1C(=O)OCc1nnc(-c2ccc([N+](=O)[O-])cc2)o1. The maximum atomic E-state index is 12.7. The van der Waals surface area contributed by atoms with E-state index in [1.165, 1.54) is 24.3 Å². The van der Waals surface area contributed by atoms with Crippen LogP contribution in [-0.4, -0.2) is 30.9 Å². The van der Waals surface area contributed by atoms with E-state index in [1.54, 1.807) is 18.5 Å². The number of esters is 1. The molecule has 0 radical (unpaired) electrons. The smallest absolute Gasteiger partial charge is 0.342 e. The average molecular weight is 419 g/mol. The largest absolute Gasteiger partial charge is 0.452 e. The third-order valence-corrected chi connectivity index (χ3v) is 4.61. The van der Waals surface area contributed by atoms with Crippen molar-refractivity contribution < 1.29 is 18.9 Å². The van der Waals surface area contributed by atoms with Gasteiger partial charge in [-0.2, -0.15) is 5.10 Å². The molecule has 4 aromatic rings. The highest BCUT2D eigenvalue weighted by Crippen LogP contribution is 2.22. The maximum absolute atomic E-state index is 12.7. The van der Waals surface area contributed by atoms with Crippen LogP contribution in [0.2, 0.25) is 0 Å². The minimum Gasteiger partial charge on any atom is -0.452 e. The van der Waals surface area contributed by atoms with Gasteiger partial charge in [0.1, 0.15) is 5.56 Å². The summed E-state index contributed by atoms with van der Waals surface area (Å²) < 4.78 is 12.5. The van der Waals surface area contributed by atoms with Gasteiger partial charge in [0.25, 0.3) is 11.6 Å². The molecule has 0 aliphatic carbocycles. The first-order valence-corrected chi connectivity index (χ1v) is 9.30. The number of aryl methyl sites for hydroxylation is 1. The van der Waals surface area contributed by atoms with Gasteiger partial charge in [0.05, 0.1) is 22.0 Å². The number of carbonyl (C=O) groups is 1. The second-order valence-corrected chi connectivity index (χ2v) is 6.67.